The van der Waals surface area contributed by atoms with E-state index in [0.29, 0.717) is 5.69 Å². The zero-order chi connectivity index (χ0) is 9.47. The molecule has 4 nitrogen and oxygen atoms in total. The van der Waals surface area contributed by atoms with Gasteiger partial charge in [0.05, 0.1) is 5.69 Å². The molecule has 0 radical (unpaired) electrons. The fourth-order valence-electron chi connectivity index (χ4n) is 1.20. The fourth-order valence-corrected chi connectivity index (χ4v) is 2.39. The first-order valence-corrected chi connectivity index (χ1v) is 5.24. The lowest BCUT2D eigenvalue weighted by atomic mass is 10.2. The number of fused-ring (bicyclic) bond motifs is 1. The van der Waals surface area contributed by atoms with E-state index in [1.807, 2.05) is 6.92 Å². The molecule has 0 spiro atoms. The summed E-state index contributed by atoms with van der Waals surface area (Å²) in [5.74, 6) is 0. The van der Waals surface area contributed by atoms with Crippen LogP contribution in [-0.2, 0) is 10.0 Å². The van der Waals surface area contributed by atoms with Gasteiger partial charge in [0.25, 0.3) is 10.0 Å². The Morgan fingerprint density at radius 2 is 2.23 bits per heavy atom. The molecule has 0 fully saturated rings. The molecule has 68 valence electrons. The molecular formula is C8H8N2O2S. The van der Waals surface area contributed by atoms with Gasteiger partial charge >= 0.3 is 0 Å². The van der Waals surface area contributed by atoms with Gasteiger partial charge in [-0.15, -0.1) is 0 Å². The van der Waals surface area contributed by atoms with Crippen LogP contribution in [-0.4, -0.2) is 13.4 Å². The maximum Gasteiger partial charge on any atom is 0.263 e. The number of nitrogens with one attached hydrogen (secondary N) is 1. The number of rotatable bonds is 0. The predicted octanol–water partition coefficient (Wildman–Crippen LogP) is 0.734. The van der Waals surface area contributed by atoms with Crippen LogP contribution in [0.5, 0.6) is 0 Å². The number of aromatic nitrogens is 1. The number of allylic oxidation sites excluding steroid dienone is 1. The highest BCUT2D eigenvalue weighted by atomic mass is 32.2. The van der Waals surface area contributed by atoms with Crippen LogP contribution in [0.4, 0.5) is 0 Å². The van der Waals surface area contributed by atoms with Crippen molar-refractivity contribution in [2.75, 3.05) is 0 Å². The van der Waals surface area contributed by atoms with Crippen LogP contribution in [0, 0.1) is 0 Å². The van der Waals surface area contributed by atoms with Crippen LogP contribution >= 0.6 is 0 Å². The fraction of sp³-hybridized carbons (Fsp3) is 0.125. The summed E-state index contributed by atoms with van der Waals surface area (Å²) in [4.78, 5) is 4.25. The smallest absolute Gasteiger partial charge is 0.263 e. The van der Waals surface area contributed by atoms with Crippen molar-refractivity contribution in [3.8, 4) is 0 Å². The minimum absolute atomic E-state index is 0.245. The molecule has 0 bridgehead atoms. The second-order valence-electron chi connectivity index (χ2n) is 2.80. The summed E-state index contributed by atoms with van der Waals surface area (Å²) in [6.07, 6.45) is 3.03. The van der Waals surface area contributed by atoms with Gasteiger partial charge in [-0.2, -0.15) is 0 Å². The summed E-state index contributed by atoms with van der Waals surface area (Å²) in [6, 6.07) is 3.15. The van der Waals surface area contributed by atoms with Gasteiger partial charge in [0.15, 0.2) is 0 Å². The number of pyridine rings is 1. The normalized spacial score (nSPS) is 18.4. The highest BCUT2D eigenvalue weighted by Crippen LogP contribution is 2.23. The highest BCUT2D eigenvalue weighted by molar-refractivity contribution is 7.89. The molecular weight excluding hydrogens is 188 g/mol. The van der Waals surface area contributed by atoms with Crippen LogP contribution in [0.1, 0.15) is 12.6 Å². The van der Waals surface area contributed by atoms with Crippen LogP contribution in [0.25, 0.3) is 5.57 Å². The van der Waals surface area contributed by atoms with E-state index in [0.717, 1.165) is 5.57 Å². The summed E-state index contributed by atoms with van der Waals surface area (Å²) >= 11 is 0. The van der Waals surface area contributed by atoms with Crippen molar-refractivity contribution in [2.24, 2.45) is 0 Å². The molecule has 1 aromatic rings. The van der Waals surface area contributed by atoms with E-state index in [9.17, 15) is 8.42 Å². The number of hydrogen-bond acceptors (Lipinski definition) is 3. The third-order valence-electron chi connectivity index (χ3n) is 1.86. The zero-order valence-electron chi connectivity index (χ0n) is 6.98. The molecule has 0 unspecified atom stereocenters. The SMILES string of the molecule is CC1=CNS(=O)(=O)c2cccnc21. The Morgan fingerprint density at radius 1 is 1.46 bits per heavy atom. The van der Waals surface area contributed by atoms with E-state index in [1.165, 1.54) is 6.20 Å². The third kappa shape index (κ3) is 1.21. The molecule has 1 aliphatic rings. The predicted molar refractivity (Wildman–Crippen MR) is 48.2 cm³/mol. The lowest BCUT2D eigenvalue weighted by Gasteiger charge is -2.14. The van der Waals surface area contributed by atoms with Gasteiger partial charge < -0.3 is 0 Å². The first-order valence-electron chi connectivity index (χ1n) is 3.76. The number of hydrogen-bond donors (Lipinski definition) is 1. The molecule has 1 aromatic heterocycles. The van der Waals surface area contributed by atoms with Crippen LogP contribution < -0.4 is 4.72 Å². The molecule has 0 saturated heterocycles. The second-order valence-corrected chi connectivity index (χ2v) is 4.48. The van der Waals surface area contributed by atoms with E-state index < -0.39 is 10.0 Å². The molecule has 5 heteroatoms. The van der Waals surface area contributed by atoms with Crippen molar-refractivity contribution in [1.82, 2.24) is 9.71 Å². The van der Waals surface area contributed by atoms with Crippen molar-refractivity contribution in [3.63, 3.8) is 0 Å². The molecule has 0 aromatic carbocycles. The van der Waals surface area contributed by atoms with Crippen LogP contribution in [0.15, 0.2) is 29.4 Å². The third-order valence-corrected chi connectivity index (χ3v) is 3.20. The number of nitrogens with zero attached hydrogens (tertiary/aromatic N) is 1. The summed E-state index contributed by atoms with van der Waals surface area (Å²) in [7, 11) is -3.36. The Balaban J connectivity index is 2.79. The van der Waals surface area contributed by atoms with Gasteiger partial charge in [-0.3, -0.25) is 9.71 Å². The monoisotopic (exact) mass is 196 g/mol. The van der Waals surface area contributed by atoms with Gasteiger partial charge in [0.2, 0.25) is 0 Å². The van der Waals surface area contributed by atoms with E-state index >= 15 is 0 Å². The summed E-state index contributed by atoms with van der Waals surface area (Å²) in [6.45, 7) is 1.81. The van der Waals surface area contributed by atoms with E-state index in [4.69, 9.17) is 0 Å². The molecule has 2 heterocycles. The summed E-state index contributed by atoms with van der Waals surface area (Å²) < 4.78 is 25.2. The average molecular weight is 196 g/mol. The largest absolute Gasteiger partial charge is 0.286 e. The van der Waals surface area contributed by atoms with Crippen molar-refractivity contribution in [2.45, 2.75) is 11.8 Å². The summed E-state index contributed by atoms with van der Waals surface area (Å²) in [5, 5.41) is 0. The van der Waals surface area contributed by atoms with Crippen molar-refractivity contribution in [1.29, 1.82) is 0 Å². The zero-order valence-corrected chi connectivity index (χ0v) is 7.80. The first-order chi connectivity index (χ1) is 6.11. The molecule has 2 rings (SSSR count). The topological polar surface area (TPSA) is 59.1 Å². The van der Waals surface area contributed by atoms with Crippen molar-refractivity contribution in [3.05, 3.63) is 30.2 Å². The van der Waals surface area contributed by atoms with Gasteiger partial charge in [0, 0.05) is 12.4 Å². The van der Waals surface area contributed by atoms with Crippen LogP contribution in [0.2, 0.25) is 0 Å². The standard InChI is InChI=1S/C8H8N2O2S/c1-6-5-10-13(11,12)7-3-2-4-9-8(6)7/h2-5,10H,1H3. The number of sulfonamides is 1. The summed E-state index contributed by atoms with van der Waals surface area (Å²) in [5.41, 5.74) is 1.35. The minimum Gasteiger partial charge on any atom is -0.286 e. The first kappa shape index (κ1) is 8.25. The Bertz CT molecular complexity index is 477. The minimum atomic E-state index is -3.36. The Hall–Kier alpha value is -1.36. The van der Waals surface area contributed by atoms with Gasteiger partial charge in [-0.25, -0.2) is 8.42 Å². The molecule has 0 amide bonds. The van der Waals surface area contributed by atoms with Crippen molar-refractivity contribution >= 4 is 15.6 Å². The molecule has 1 aliphatic heterocycles. The molecule has 0 aliphatic carbocycles. The Morgan fingerprint density at radius 3 is 2.92 bits per heavy atom. The highest BCUT2D eigenvalue weighted by Gasteiger charge is 2.22. The maximum absolute atomic E-state index is 11.4. The maximum atomic E-state index is 11.4. The van der Waals surface area contributed by atoms with Crippen LogP contribution in [0.3, 0.4) is 0 Å². The van der Waals surface area contributed by atoms with Gasteiger partial charge in [0.1, 0.15) is 4.90 Å². The quantitative estimate of drug-likeness (QED) is 0.665. The lowest BCUT2D eigenvalue weighted by Crippen LogP contribution is -2.23. The molecule has 13 heavy (non-hydrogen) atoms. The van der Waals surface area contributed by atoms with E-state index in [2.05, 4.69) is 9.71 Å². The van der Waals surface area contributed by atoms with Gasteiger partial charge in [-0.05, 0) is 24.6 Å². The van der Waals surface area contributed by atoms with Crippen molar-refractivity contribution < 1.29 is 8.42 Å². The second kappa shape index (κ2) is 2.56. The van der Waals surface area contributed by atoms with E-state index in [-0.39, 0.29) is 4.90 Å². The van der Waals surface area contributed by atoms with E-state index in [1.54, 1.807) is 18.3 Å². The Kier molecular flexibility index (Phi) is 1.63. The molecule has 0 atom stereocenters. The molecule has 0 saturated carbocycles. The molecule has 1 N–H and O–H groups in total. The van der Waals surface area contributed by atoms with Gasteiger partial charge in [-0.1, -0.05) is 0 Å². The Labute approximate surface area is 76.4 Å². The lowest BCUT2D eigenvalue weighted by molar-refractivity contribution is 0.588. The average Bonchev–Trinajstić information content (AvgIpc) is 2.13.